The Balaban J connectivity index is 0.000000501. The number of benzene rings is 1. The number of carboxylic acid groups (broad SMARTS) is 1. The van der Waals surface area contributed by atoms with Gasteiger partial charge in [-0.1, -0.05) is 55.5 Å². The molecule has 4 nitrogen and oxygen atoms in total. The van der Waals surface area contributed by atoms with Crippen molar-refractivity contribution in [3.05, 3.63) is 65.8 Å². The summed E-state index contributed by atoms with van der Waals surface area (Å²) >= 11 is 0. The molecule has 0 aliphatic carbocycles. The van der Waals surface area contributed by atoms with Crippen molar-refractivity contribution >= 4 is 18.0 Å². The molecule has 1 atom stereocenters. The van der Waals surface area contributed by atoms with Crippen molar-refractivity contribution in [2.24, 2.45) is 0 Å². The van der Waals surface area contributed by atoms with E-state index >= 15 is 0 Å². The Hall–Kier alpha value is -2.62. The molecule has 1 unspecified atom stereocenters. The van der Waals surface area contributed by atoms with E-state index in [2.05, 4.69) is 26.5 Å². The number of aliphatic carboxylic acids is 1. The Labute approximate surface area is 163 Å². The van der Waals surface area contributed by atoms with Crippen LogP contribution in [0.1, 0.15) is 59.4 Å². The van der Waals surface area contributed by atoms with Crippen molar-refractivity contribution in [2.45, 2.75) is 59.5 Å². The minimum Gasteiger partial charge on any atom is -0.478 e. The van der Waals surface area contributed by atoms with Crippen LogP contribution in [-0.4, -0.2) is 22.6 Å². The van der Waals surface area contributed by atoms with Gasteiger partial charge >= 0.3 is 11.9 Å². The smallest absolute Gasteiger partial charge is 0.331 e. The van der Waals surface area contributed by atoms with Crippen LogP contribution in [-0.2, 0) is 14.3 Å². The van der Waals surface area contributed by atoms with Gasteiger partial charge in [0.25, 0.3) is 0 Å². The first-order valence-corrected chi connectivity index (χ1v) is 9.09. The maximum absolute atomic E-state index is 10.8. The molecule has 0 aliphatic rings. The van der Waals surface area contributed by atoms with E-state index in [1.165, 1.54) is 12.5 Å². The predicted molar refractivity (Wildman–Crippen MR) is 111 cm³/mol. The van der Waals surface area contributed by atoms with Crippen LogP contribution in [0.15, 0.2) is 60.2 Å². The number of carbonyl (C=O) groups excluding carboxylic acids is 1. The molecule has 0 radical (unpaired) electrons. The van der Waals surface area contributed by atoms with Gasteiger partial charge in [0, 0.05) is 12.5 Å². The quantitative estimate of drug-likeness (QED) is 0.355. The third kappa shape index (κ3) is 11.6. The lowest BCUT2D eigenvalue weighted by Gasteiger charge is -2.24. The lowest BCUT2D eigenvalue weighted by atomic mass is 9.99. The number of carboxylic acids is 1. The molecule has 0 bridgehead atoms. The van der Waals surface area contributed by atoms with E-state index in [0.717, 1.165) is 18.4 Å². The Bertz CT molecular complexity index is 667. The van der Waals surface area contributed by atoms with Crippen molar-refractivity contribution in [1.29, 1.82) is 0 Å². The normalized spacial score (nSPS) is 12.7. The van der Waals surface area contributed by atoms with Gasteiger partial charge in [-0.2, -0.15) is 0 Å². The van der Waals surface area contributed by atoms with Gasteiger partial charge in [0.1, 0.15) is 5.60 Å². The molecule has 0 aliphatic heterocycles. The summed E-state index contributed by atoms with van der Waals surface area (Å²) in [6, 6.07) is 9.46. The fourth-order valence-electron chi connectivity index (χ4n) is 2.24. The van der Waals surface area contributed by atoms with E-state index in [-0.39, 0.29) is 5.97 Å². The molecule has 1 aromatic rings. The largest absolute Gasteiger partial charge is 0.478 e. The topological polar surface area (TPSA) is 63.6 Å². The molecule has 0 spiro atoms. The lowest BCUT2D eigenvalue weighted by molar-refractivity contribution is -0.151. The third-order valence-electron chi connectivity index (χ3n) is 3.80. The van der Waals surface area contributed by atoms with E-state index in [0.29, 0.717) is 12.0 Å². The second-order valence-corrected chi connectivity index (χ2v) is 6.67. The van der Waals surface area contributed by atoms with Gasteiger partial charge in [-0.25, -0.2) is 4.79 Å². The van der Waals surface area contributed by atoms with Crippen LogP contribution in [0.5, 0.6) is 0 Å². The van der Waals surface area contributed by atoms with Crippen molar-refractivity contribution in [3.63, 3.8) is 0 Å². The SMILES string of the molecule is C=CC(C)(CCC=C(C)C)OC(C)=O.CCC(=Cc1ccccc1)C(=O)O. The average Bonchev–Trinajstić information content (AvgIpc) is 2.60. The van der Waals surface area contributed by atoms with Crippen LogP contribution in [0.25, 0.3) is 6.08 Å². The highest BCUT2D eigenvalue weighted by Crippen LogP contribution is 2.20. The Kier molecular flexibility index (Phi) is 11.5. The zero-order chi connectivity index (χ0) is 20.9. The standard InChI is InChI=1S/C12H20O2.C11H12O2/c1-6-12(5,14-11(4)13)9-7-8-10(2)3;1-2-10(11(12)13)8-9-6-4-3-5-7-9/h6,8H,1,7,9H2,2-5H3;3-8H,2H2,1H3,(H,12,13). The molecule has 0 heterocycles. The summed E-state index contributed by atoms with van der Waals surface area (Å²) in [5.41, 5.74) is 2.12. The second kappa shape index (κ2) is 12.7. The molecule has 148 valence electrons. The Morgan fingerprint density at radius 1 is 1.19 bits per heavy atom. The molecule has 0 amide bonds. The Morgan fingerprint density at radius 2 is 1.78 bits per heavy atom. The van der Waals surface area contributed by atoms with E-state index in [4.69, 9.17) is 9.84 Å². The average molecular weight is 373 g/mol. The highest BCUT2D eigenvalue weighted by atomic mass is 16.6. The molecule has 0 saturated heterocycles. The number of carbonyl (C=O) groups is 2. The molecule has 1 N–H and O–H groups in total. The van der Waals surface area contributed by atoms with Gasteiger partial charge in [-0.15, -0.1) is 0 Å². The van der Waals surface area contributed by atoms with Crippen LogP contribution < -0.4 is 0 Å². The summed E-state index contributed by atoms with van der Waals surface area (Å²) in [5, 5.41) is 8.77. The van der Waals surface area contributed by atoms with Gasteiger partial charge in [0.05, 0.1) is 0 Å². The number of hydrogen-bond acceptors (Lipinski definition) is 3. The van der Waals surface area contributed by atoms with Crippen LogP contribution >= 0.6 is 0 Å². The van der Waals surface area contributed by atoms with Gasteiger partial charge < -0.3 is 9.84 Å². The molecule has 0 fully saturated rings. The first kappa shape index (κ1) is 24.4. The van der Waals surface area contributed by atoms with E-state index in [9.17, 15) is 9.59 Å². The summed E-state index contributed by atoms with van der Waals surface area (Å²) in [6.45, 7) is 12.9. The monoisotopic (exact) mass is 372 g/mol. The molecular formula is C23H32O4. The molecule has 1 aromatic carbocycles. The van der Waals surface area contributed by atoms with E-state index in [1.54, 1.807) is 12.2 Å². The summed E-state index contributed by atoms with van der Waals surface area (Å²) in [6.07, 6.45) is 7.74. The van der Waals surface area contributed by atoms with Gasteiger partial charge in [0.15, 0.2) is 0 Å². The lowest BCUT2D eigenvalue weighted by Crippen LogP contribution is -2.27. The first-order chi connectivity index (χ1) is 12.6. The van der Waals surface area contributed by atoms with Crippen molar-refractivity contribution < 1.29 is 19.4 Å². The maximum Gasteiger partial charge on any atom is 0.331 e. The van der Waals surface area contributed by atoms with Crippen LogP contribution in [0.2, 0.25) is 0 Å². The van der Waals surface area contributed by atoms with E-state index in [1.807, 2.05) is 44.2 Å². The summed E-state index contributed by atoms with van der Waals surface area (Å²) < 4.78 is 5.18. The predicted octanol–water partition coefficient (Wildman–Crippen LogP) is 5.81. The number of esters is 1. The molecule has 0 aromatic heterocycles. The molecule has 4 heteroatoms. The first-order valence-electron chi connectivity index (χ1n) is 9.09. The molecule has 27 heavy (non-hydrogen) atoms. The highest BCUT2D eigenvalue weighted by molar-refractivity contribution is 5.91. The second-order valence-electron chi connectivity index (χ2n) is 6.67. The number of ether oxygens (including phenoxy) is 1. The number of hydrogen-bond donors (Lipinski definition) is 1. The minimum absolute atomic E-state index is 0.260. The van der Waals surface area contributed by atoms with Gasteiger partial charge in [-0.05, 0) is 57.7 Å². The van der Waals surface area contributed by atoms with Gasteiger partial charge in [0.2, 0.25) is 0 Å². The zero-order valence-corrected chi connectivity index (χ0v) is 17.1. The summed E-state index contributed by atoms with van der Waals surface area (Å²) in [7, 11) is 0. The fourth-order valence-corrected chi connectivity index (χ4v) is 2.24. The van der Waals surface area contributed by atoms with Crippen LogP contribution in [0.3, 0.4) is 0 Å². The third-order valence-corrected chi connectivity index (χ3v) is 3.80. The van der Waals surface area contributed by atoms with Crippen LogP contribution in [0.4, 0.5) is 0 Å². The van der Waals surface area contributed by atoms with Crippen molar-refractivity contribution in [3.8, 4) is 0 Å². The molecule has 0 saturated carbocycles. The van der Waals surface area contributed by atoms with Crippen molar-refractivity contribution in [2.75, 3.05) is 0 Å². The molecular weight excluding hydrogens is 340 g/mol. The van der Waals surface area contributed by atoms with Gasteiger partial charge in [-0.3, -0.25) is 4.79 Å². The van der Waals surface area contributed by atoms with E-state index < -0.39 is 11.6 Å². The zero-order valence-electron chi connectivity index (χ0n) is 17.1. The maximum atomic E-state index is 10.8. The number of allylic oxidation sites excluding steroid dienone is 2. The van der Waals surface area contributed by atoms with Crippen molar-refractivity contribution in [1.82, 2.24) is 0 Å². The molecule has 1 rings (SSSR count). The fraction of sp³-hybridized carbons (Fsp3) is 0.391. The summed E-state index contributed by atoms with van der Waals surface area (Å²) in [5.74, 6) is -1.10. The summed E-state index contributed by atoms with van der Waals surface area (Å²) in [4.78, 5) is 21.5. The van der Waals surface area contributed by atoms with Crippen LogP contribution in [0, 0.1) is 0 Å². The number of rotatable bonds is 8. The Morgan fingerprint density at radius 3 is 2.19 bits per heavy atom. The highest BCUT2D eigenvalue weighted by Gasteiger charge is 2.22. The minimum atomic E-state index is -0.841.